The van der Waals surface area contributed by atoms with Crippen molar-refractivity contribution in [3.63, 3.8) is 0 Å². The molecule has 1 aliphatic carbocycles. The lowest BCUT2D eigenvalue weighted by atomic mass is 9.70. The first-order valence-corrected chi connectivity index (χ1v) is 5.71. The predicted octanol–water partition coefficient (Wildman–Crippen LogP) is 0.420. The molecule has 0 aromatic heterocycles. The fourth-order valence-corrected chi connectivity index (χ4v) is 2.83. The summed E-state index contributed by atoms with van der Waals surface area (Å²) in [6.45, 7) is 0.0382. The minimum Gasteiger partial charge on any atom is -0.468 e. The molecule has 0 radical (unpaired) electrons. The van der Waals surface area contributed by atoms with Crippen molar-refractivity contribution < 1.29 is 24.2 Å². The third-order valence-corrected chi connectivity index (χ3v) is 3.67. The number of allylic oxidation sites excluding steroid dienone is 1. The Morgan fingerprint density at radius 2 is 2.47 bits per heavy atom. The van der Waals surface area contributed by atoms with Crippen LogP contribution in [0.1, 0.15) is 19.3 Å². The molecule has 3 atom stereocenters. The highest BCUT2D eigenvalue weighted by Gasteiger charge is 2.60. The molecule has 94 valence electrons. The molecule has 17 heavy (non-hydrogen) atoms. The van der Waals surface area contributed by atoms with Crippen molar-refractivity contribution in [2.45, 2.75) is 25.4 Å². The first-order chi connectivity index (χ1) is 8.15. The molecular weight excluding hydrogens is 224 g/mol. The van der Waals surface area contributed by atoms with Crippen LogP contribution < -0.4 is 0 Å². The van der Waals surface area contributed by atoms with Crippen LogP contribution in [-0.4, -0.2) is 36.9 Å². The fourth-order valence-electron chi connectivity index (χ4n) is 2.83. The summed E-state index contributed by atoms with van der Waals surface area (Å²) in [6, 6.07) is 0. The lowest BCUT2D eigenvalue weighted by Gasteiger charge is -2.29. The zero-order valence-electron chi connectivity index (χ0n) is 9.72. The first-order valence-electron chi connectivity index (χ1n) is 5.71. The SMILES string of the molecule is COC(=O)C1C(=O)O[C@H]2C=CC[C@@]12CCCO. The molecule has 1 fully saturated rings. The Morgan fingerprint density at radius 1 is 1.71 bits per heavy atom. The molecule has 0 aromatic carbocycles. The fraction of sp³-hybridized carbons (Fsp3) is 0.667. The molecule has 1 saturated heterocycles. The van der Waals surface area contributed by atoms with Crippen LogP contribution in [0.5, 0.6) is 0 Å². The van der Waals surface area contributed by atoms with Gasteiger partial charge in [0.15, 0.2) is 5.92 Å². The second kappa shape index (κ2) is 4.49. The number of esters is 2. The highest BCUT2D eigenvalue weighted by atomic mass is 16.6. The van der Waals surface area contributed by atoms with E-state index in [1.165, 1.54) is 7.11 Å². The van der Waals surface area contributed by atoms with Crippen LogP contribution in [0.15, 0.2) is 12.2 Å². The van der Waals surface area contributed by atoms with Gasteiger partial charge in [-0.2, -0.15) is 0 Å². The van der Waals surface area contributed by atoms with E-state index in [9.17, 15) is 9.59 Å². The minimum absolute atomic E-state index is 0.0382. The predicted molar refractivity (Wildman–Crippen MR) is 57.9 cm³/mol. The Labute approximate surface area is 99.4 Å². The monoisotopic (exact) mass is 240 g/mol. The van der Waals surface area contributed by atoms with Gasteiger partial charge in [0.05, 0.1) is 7.11 Å². The van der Waals surface area contributed by atoms with E-state index in [4.69, 9.17) is 9.84 Å². The molecular formula is C12H16O5. The Kier molecular flexibility index (Phi) is 3.19. The molecule has 0 amide bonds. The molecule has 2 rings (SSSR count). The van der Waals surface area contributed by atoms with Gasteiger partial charge in [-0.15, -0.1) is 0 Å². The average molecular weight is 240 g/mol. The highest BCUT2D eigenvalue weighted by molar-refractivity contribution is 5.98. The minimum atomic E-state index is -0.862. The van der Waals surface area contributed by atoms with Crippen LogP contribution in [0.2, 0.25) is 0 Å². The number of aliphatic hydroxyl groups excluding tert-OH is 1. The summed E-state index contributed by atoms with van der Waals surface area (Å²) in [5.74, 6) is -1.91. The van der Waals surface area contributed by atoms with E-state index >= 15 is 0 Å². The van der Waals surface area contributed by atoms with Gasteiger partial charge in [-0.3, -0.25) is 9.59 Å². The first kappa shape index (κ1) is 12.1. The number of carbonyl (C=O) groups is 2. The van der Waals surface area contributed by atoms with E-state index in [2.05, 4.69) is 4.74 Å². The average Bonchev–Trinajstić information content (AvgIpc) is 2.80. The van der Waals surface area contributed by atoms with Crippen molar-refractivity contribution in [2.75, 3.05) is 13.7 Å². The second-order valence-corrected chi connectivity index (χ2v) is 4.51. The van der Waals surface area contributed by atoms with Crippen LogP contribution in [0.25, 0.3) is 0 Å². The molecule has 1 unspecified atom stereocenters. The summed E-state index contributed by atoms with van der Waals surface area (Å²) in [5.41, 5.74) is -0.549. The van der Waals surface area contributed by atoms with Crippen LogP contribution in [-0.2, 0) is 19.1 Å². The summed E-state index contributed by atoms with van der Waals surface area (Å²) in [7, 11) is 1.27. The van der Waals surface area contributed by atoms with Crippen molar-refractivity contribution in [3.8, 4) is 0 Å². The Morgan fingerprint density at radius 3 is 3.12 bits per heavy atom. The molecule has 0 saturated carbocycles. The number of hydrogen-bond donors (Lipinski definition) is 1. The van der Waals surface area contributed by atoms with Crippen molar-refractivity contribution in [2.24, 2.45) is 11.3 Å². The maximum absolute atomic E-state index is 11.7. The summed E-state index contributed by atoms with van der Waals surface area (Å²) in [4.78, 5) is 23.5. The lowest BCUT2D eigenvalue weighted by Crippen LogP contribution is -2.38. The molecule has 0 spiro atoms. The van der Waals surface area contributed by atoms with Crippen molar-refractivity contribution in [1.29, 1.82) is 0 Å². The van der Waals surface area contributed by atoms with Crippen LogP contribution in [0, 0.1) is 11.3 Å². The van der Waals surface area contributed by atoms with Gasteiger partial charge < -0.3 is 14.6 Å². The van der Waals surface area contributed by atoms with Gasteiger partial charge in [0.2, 0.25) is 0 Å². The number of aliphatic hydroxyl groups is 1. The molecule has 0 bridgehead atoms. The Balaban J connectivity index is 2.28. The smallest absolute Gasteiger partial charge is 0.321 e. The quantitative estimate of drug-likeness (QED) is 0.438. The lowest BCUT2D eigenvalue weighted by molar-refractivity contribution is -0.156. The van der Waals surface area contributed by atoms with Gasteiger partial charge in [-0.25, -0.2) is 0 Å². The van der Waals surface area contributed by atoms with E-state index in [-0.39, 0.29) is 12.7 Å². The molecule has 1 aliphatic heterocycles. The number of rotatable bonds is 4. The molecule has 0 aromatic rings. The molecule has 1 N–H and O–H groups in total. The maximum atomic E-state index is 11.7. The zero-order valence-corrected chi connectivity index (χ0v) is 9.72. The van der Waals surface area contributed by atoms with Gasteiger partial charge in [0, 0.05) is 12.0 Å². The molecule has 1 heterocycles. The van der Waals surface area contributed by atoms with Gasteiger partial charge in [-0.1, -0.05) is 6.08 Å². The molecule has 5 nitrogen and oxygen atoms in total. The second-order valence-electron chi connectivity index (χ2n) is 4.51. The maximum Gasteiger partial charge on any atom is 0.321 e. The van der Waals surface area contributed by atoms with E-state index in [1.54, 1.807) is 0 Å². The normalized spacial score (nSPS) is 34.6. The van der Waals surface area contributed by atoms with E-state index in [1.807, 2.05) is 12.2 Å². The summed E-state index contributed by atoms with van der Waals surface area (Å²) >= 11 is 0. The van der Waals surface area contributed by atoms with Crippen LogP contribution in [0.3, 0.4) is 0 Å². The number of hydrogen-bond acceptors (Lipinski definition) is 5. The Bertz CT molecular complexity index is 362. The number of carbonyl (C=O) groups excluding carboxylic acids is 2. The zero-order chi connectivity index (χ0) is 12.5. The van der Waals surface area contributed by atoms with E-state index < -0.39 is 23.3 Å². The largest absolute Gasteiger partial charge is 0.468 e. The summed E-state index contributed by atoms with van der Waals surface area (Å²) in [5, 5.41) is 8.93. The van der Waals surface area contributed by atoms with Gasteiger partial charge in [0.25, 0.3) is 0 Å². The standard InChI is InChI=1S/C12H16O5/c1-16-10(14)9-11(15)17-8-4-2-5-12(8,9)6-3-7-13/h2,4,8-9,13H,3,5-7H2,1H3/t8-,9?,12-/m0/s1. The number of ether oxygens (including phenoxy) is 2. The van der Waals surface area contributed by atoms with E-state index in [0.29, 0.717) is 19.3 Å². The topological polar surface area (TPSA) is 72.8 Å². The van der Waals surface area contributed by atoms with Gasteiger partial charge in [-0.05, 0) is 25.3 Å². The summed E-state index contributed by atoms with van der Waals surface area (Å²) < 4.78 is 9.90. The van der Waals surface area contributed by atoms with E-state index in [0.717, 1.165) is 0 Å². The third-order valence-electron chi connectivity index (χ3n) is 3.67. The Hall–Kier alpha value is -1.36. The third kappa shape index (κ3) is 1.74. The molecule has 2 aliphatic rings. The van der Waals surface area contributed by atoms with Crippen LogP contribution in [0.4, 0.5) is 0 Å². The van der Waals surface area contributed by atoms with Gasteiger partial charge >= 0.3 is 11.9 Å². The van der Waals surface area contributed by atoms with Crippen molar-refractivity contribution >= 4 is 11.9 Å². The summed E-state index contributed by atoms with van der Waals surface area (Å²) in [6.07, 6.45) is 5.12. The van der Waals surface area contributed by atoms with Crippen molar-refractivity contribution in [3.05, 3.63) is 12.2 Å². The van der Waals surface area contributed by atoms with Crippen LogP contribution >= 0.6 is 0 Å². The number of methoxy groups -OCH3 is 1. The number of fused-ring (bicyclic) bond motifs is 1. The molecule has 5 heteroatoms. The highest BCUT2D eigenvalue weighted by Crippen LogP contribution is 2.51. The van der Waals surface area contributed by atoms with Crippen molar-refractivity contribution in [1.82, 2.24) is 0 Å². The van der Waals surface area contributed by atoms with Gasteiger partial charge in [0.1, 0.15) is 6.10 Å².